The topological polar surface area (TPSA) is 68.4 Å². The van der Waals surface area contributed by atoms with Gasteiger partial charge in [0.15, 0.2) is 12.4 Å². The number of rotatable bonds is 6. The summed E-state index contributed by atoms with van der Waals surface area (Å²) in [4.78, 5) is 4.25. The summed E-state index contributed by atoms with van der Waals surface area (Å²) < 4.78 is 10.8. The van der Waals surface area contributed by atoms with Gasteiger partial charge in [-0.2, -0.15) is 4.98 Å². The average Bonchev–Trinajstić information content (AvgIpc) is 2.85. The van der Waals surface area contributed by atoms with Crippen LogP contribution in [-0.2, 0) is 13.0 Å². The van der Waals surface area contributed by atoms with Gasteiger partial charge in [-0.15, -0.1) is 0 Å². The molecule has 0 unspecified atom stereocenters. The van der Waals surface area contributed by atoms with Gasteiger partial charge in [-0.25, -0.2) is 0 Å². The second-order valence-corrected chi connectivity index (χ2v) is 4.84. The molecule has 20 heavy (non-hydrogen) atoms. The number of benzene rings is 1. The zero-order chi connectivity index (χ0) is 14.5. The van der Waals surface area contributed by atoms with E-state index in [0.717, 1.165) is 29.7 Å². The van der Waals surface area contributed by atoms with E-state index >= 15 is 0 Å². The molecule has 0 saturated heterocycles. The van der Waals surface area contributed by atoms with Crippen molar-refractivity contribution in [1.82, 2.24) is 10.1 Å². The van der Waals surface area contributed by atoms with Gasteiger partial charge < -0.3 is 14.4 Å². The Bertz CT molecular complexity index is 564. The summed E-state index contributed by atoms with van der Waals surface area (Å²) in [6, 6.07) is 5.61. The summed E-state index contributed by atoms with van der Waals surface area (Å²) in [7, 11) is 0. The minimum absolute atomic E-state index is 0.256. The minimum atomic E-state index is -0.477. The predicted molar refractivity (Wildman–Crippen MR) is 74.4 cm³/mol. The van der Waals surface area contributed by atoms with E-state index in [1.165, 1.54) is 0 Å². The van der Waals surface area contributed by atoms with Crippen LogP contribution in [0.4, 0.5) is 0 Å². The van der Waals surface area contributed by atoms with Gasteiger partial charge in [0.1, 0.15) is 5.75 Å². The molecule has 0 fully saturated rings. The number of aliphatic hydroxyl groups is 1. The summed E-state index contributed by atoms with van der Waals surface area (Å²) in [6.07, 6.45) is 1.32. The van der Waals surface area contributed by atoms with Crippen LogP contribution in [0.15, 0.2) is 22.7 Å². The number of hydrogen-bond acceptors (Lipinski definition) is 5. The normalized spacial score (nSPS) is 12.4. The van der Waals surface area contributed by atoms with E-state index in [-0.39, 0.29) is 6.61 Å². The molecule has 0 bridgehead atoms. The molecule has 1 N–H and O–H groups in total. The van der Waals surface area contributed by atoms with Crippen LogP contribution in [0.5, 0.6) is 5.75 Å². The molecule has 5 nitrogen and oxygen atoms in total. The van der Waals surface area contributed by atoms with E-state index in [0.29, 0.717) is 11.7 Å². The van der Waals surface area contributed by atoms with E-state index in [1.54, 1.807) is 6.92 Å². The molecule has 1 aromatic heterocycles. The lowest BCUT2D eigenvalue weighted by Gasteiger charge is -2.10. The Hall–Kier alpha value is -1.88. The fraction of sp³-hybridized carbons (Fsp3) is 0.467. The Morgan fingerprint density at radius 1 is 1.40 bits per heavy atom. The lowest BCUT2D eigenvalue weighted by Crippen LogP contribution is -1.99. The molecule has 0 saturated carbocycles. The SMILES string of the molecule is CCCc1noc(COc2ccc([C@H](C)O)cc2C)n1. The predicted octanol–water partition coefficient (Wildman–Crippen LogP) is 2.96. The monoisotopic (exact) mass is 276 g/mol. The van der Waals surface area contributed by atoms with Crippen LogP contribution in [-0.4, -0.2) is 15.2 Å². The Balaban J connectivity index is 1.99. The van der Waals surface area contributed by atoms with E-state index in [4.69, 9.17) is 9.26 Å². The van der Waals surface area contributed by atoms with E-state index in [9.17, 15) is 5.11 Å². The van der Waals surface area contributed by atoms with Crippen molar-refractivity contribution in [2.75, 3.05) is 0 Å². The number of aryl methyl sites for hydroxylation is 2. The molecule has 0 aliphatic carbocycles. The second kappa shape index (κ2) is 6.52. The molecule has 0 radical (unpaired) electrons. The summed E-state index contributed by atoms with van der Waals surface area (Å²) in [5, 5.41) is 13.4. The molecule has 1 aromatic carbocycles. The lowest BCUT2D eigenvalue weighted by atomic mass is 10.1. The van der Waals surface area contributed by atoms with Crippen molar-refractivity contribution in [2.45, 2.75) is 46.3 Å². The molecule has 1 heterocycles. The van der Waals surface area contributed by atoms with Crippen LogP contribution in [0, 0.1) is 6.92 Å². The molecular formula is C15H20N2O3. The first-order valence-electron chi connectivity index (χ1n) is 6.83. The molecule has 0 aliphatic rings. The third kappa shape index (κ3) is 3.57. The third-order valence-electron chi connectivity index (χ3n) is 3.02. The summed E-state index contributed by atoms with van der Waals surface area (Å²) >= 11 is 0. The van der Waals surface area contributed by atoms with Crippen molar-refractivity contribution in [2.24, 2.45) is 0 Å². The smallest absolute Gasteiger partial charge is 0.264 e. The summed E-state index contributed by atoms with van der Waals surface area (Å²) in [6.45, 7) is 6.01. The Kier molecular flexibility index (Phi) is 4.74. The Labute approximate surface area is 118 Å². The first-order valence-corrected chi connectivity index (χ1v) is 6.83. The second-order valence-electron chi connectivity index (χ2n) is 4.84. The number of hydrogen-bond donors (Lipinski definition) is 1. The Morgan fingerprint density at radius 3 is 2.85 bits per heavy atom. The van der Waals surface area contributed by atoms with Gasteiger partial charge in [0, 0.05) is 6.42 Å². The van der Waals surface area contributed by atoms with Crippen molar-refractivity contribution in [3.05, 3.63) is 41.0 Å². The third-order valence-corrected chi connectivity index (χ3v) is 3.02. The molecule has 108 valence electrons. The van der Waals surface area contributed by atoms with Gasteiger partial charge in [-0.3, -0.25) is 0 Å². The number of aliphatic hydroxyl groups excluding tert-OH is 1. The maximum Gasteiger partial charge on any atom is 0.264 e. The quantitative estimate of drug-likeness (QED) is 0.878. The minimum Gasteiger partial charge on any atom is -0.483 e. The highest BCUT2D eigenvalue weighted by Gasteiger charge is 2.09. The maximum atomic E-state index is 9.53. The van der Waals surface area contributed by atoms with Crippen LogP contribution in [0.1, 0.15) is 49.2 Å². The first kappa shape index (κ1) is 14.5. The van der Waals surface area contributed by atoms with E-state index in [1.807, 2.05) is 25.1 Å². The van der Waals surface area contributed by atoms with Gasteiger partial charge in [0.05, 0.1) is 6.10 Å². The van der Waals surface area contributed by atoms with E-state index in [2.05, 4.69) is 17.1 Å². The van der Waals surface area contributed by atoms with Crippen molar-refractivity contribution in [3.63, 3.8) is 0 Å². The highest BCUT2D eigenvalue weighted by atomic mass is 16.5. The van der Waals surface area contributed by atoms with Crippen LogP contribution in [0.25, 0.3) is 0 Å². The molecule has 2 aromatic rings. The molecule has 2 rings (SSSR count). The summed E-state index contributed by atoms with van der Waals surface area (Å²) in [5.41, 5.74) is 1.84. The zero-order valence-corrected chi connectivity index (χ0v) is 12.1. The van der Waals surface area contributed by atoms with Gasteiger partial charge in [0.2, 0.25) is 0 Å². The number of ether oxygens (including phenoxy) is 1. The van der Waals surface area contributed by atoms with Gasteiger partial charge in [-0.05, 0) is 43.5 Å². The highest BCUT2D eigenvalue weighted by Crippen LogP contribution is 2.23. The standard InChI is InChI=1S/C15H20N2O3/c1-4-5-14-16-15(20-17-14)9-19-13-7-6-12(11(3)18)8-10(13)2/h6-8,11,18H,4-5,9H2,1-3H3/t11-/m0/s1. The van der Waals surface area contributed by atoms with Crippen LogP contribution in [0.2, 0.25) is 0 Å². The average molecular weight is 276 g/mol. The molecule has 0 amide bonds. The lowest BCUT2D eigenvalue weighted by molar-refractivity contribution is 0.198. The van der Waals surface area contributed by atoms with Gasteiger partial charge in [-0.1, -0.05) is 18.1 Å². The molecule has 1 atom stereocenters. The maximum absolute atomic E-state index is 9.53. The van der Waals surface area contributed by atoms with Crippen molar-refractivity contribution in [3.8, 4) is 5.75 Å². The summed E-state index contributed by atoms with van der Waals surface area (Å²) in [5.74, 6) is 1.95. The van der Waals surface area contributed by atoms with Crippen LogP contribution in [0.3, 0.4) is 0 Å². The van der Waals surface area contributed by atoms with Crippen LogP contribution >= 0.6 is 0 Å². The fourth-order valence-electron chi connectivity index (χ4n) is 1.91. The molecule has 5 heteroatoms. The largest absolute Gasteiger partial charge is 0.483 e. The van der Waals surface area contributed by atoms with Crippen molar-refractivity contribution < 1.29 is 14.4 Å². The van der Waals surface area contributed by atoms with Gasteiger partial charge >= 0.3 is 0 Å². The van der Waals surface area contributed by atoms with Crippen molar-refractivity contribution in [1.29, 1.82) is 0 Å². The first-order chi connectivity index (χ1) is 9.60. The molecule has 0 aliphatic heterocycles. The Morgan fingerprint density at radius 2 is 2.20 bits per heavy atom. The number of aromatic nitrogens is 2. The van der Waals surface area contributed by atoms with Crippen LogP contribution < -0.4 is 4.74 Å². The fourth-order valence-corrected chi connectivity index (χ4v) is 1.91. The van der Waals surface area contributed by atoms with Gasteiger partial charge in [0.25, 0.3) is 5.89 Å². The highest BCUT2D eigenvalue weighted by molar-refractivity contribution is 5.36. The number of nitrogens with zero attached hydrogens (tertiary/aromatic N) is 2. The zero-order valence-electron chi connectivity index (χ0n) is 12.1. The molecule has 0 spiro atoms. The van der Waals surface area contributed by atoms with Crippen molar-refractivity contribution >= 4 is 0 Å². The van der Waals surface area contributed by atoms with E-state index < -0.39 is 6.10 Å². The molecular weight excluding hydrogens is 256 g/mol.